The molecule has 1 aromatic rings. The Morgan fingerprint density at radius 2 is 1.88 bits per heavy atom. The van der Waals surface area contributed by atoms with E-state index in [0.717, 1.165) is 13.1 Å². The van der Waals surface area contributed by atoms with Gasteiger partial charge in [-0.15, -0.1) is 0 Å². The molecule has 0 radical (unpaired) electrons. The zero-order valence-electron chi connectivity index (χ0n) is 9.38. The third-order valence-corrected chi connectivity index (χ3v) is 4.03. The number of halogens is 1. The van der Waals surface area contributed by atoms with Gasteiger partial charge in [0.1, 0.15) is 5.82 Å². The maximum atomic E-state index is 13.7. The number of anilines is 2. The van der Waals surface area contributed by atoms with E-state index in [1.165, 1.54) is 31.7 Å². The van der Waals surface area contributed by atoms with Gasteiger partial charge in [0.05, 0.1) is 5.69 Å². The summed E-state index contributed by atoms with van der Waals surface area (Å²) in [6, 6.07) is 4.99. The van der Waals surface area contributed by atoms with Gasteiger partial charge in [0.25, 0.3) is 0 Å². The third-order valence-electron chi connectivity index (χ3n) is 4.03. The predicted molar refractivity (Wildman–Crippen MR) is 63.9 cm³/mol. The lowest BCUT2D eigenvalue weighted by molar-refractivity contribution is 0.220. The van der Waals surface area contributed by atoms with Crippen LogP contribution in [0.15, 0.2) is 18.2 Å². The van der Waals surface area contributed by atoms with Crippen LogP contribution in [0.2, 0.25) is 0 Å². The minimum Gasteiger partial charge on any atom is -0.399 e. The molecule has 2 N–H and O–H groups in total. The molecule has 1 saturated heterocycles. The molecule has 0 amide bonds. The summed E-state index contributed by atoms with van der Waals surface area (Å²) in [5, 5.41) is 0. The molecule has 86 valence electrons. The molecule has 3 heteroatoms. The quantitative estimate of drug-likeness (QED) is 0.737. The zero-order valence-corrected chi connectivity index (χ0v) is 9.38. The Bertz CT molecular complexity index is 402. The van der Waals surface area contributed by atoms with Crippen LogP contribution in [-0.4, -0.2) is 13.1 Å². The van der Waals surface area contributed by atoms with Crippen molar-refractivity contribution >= 4 is 11.4 Å². The van der Waals surface area contributed by atoms with Gasteiger partial charge in [0, 0.05) is 24.2 Å². The van der Waals surface area contributed by atoms with Gasteiger partial charge in [-0.25, -0.2) is 4.39 Å². The highest BCUT2D eigenvalue weighted by atomic mass is 19.1. The van der Waals surface area contributed by atoms with Gasteiger partial charge in [-0.05, 0) is 31.0 Å². The first kappa shape index (κ1) is 9.94. The lowest BCUT2D eigenvalue weighted by atomic mass is 9.78. The summed E-state index contributed by atoms with van der Waals surface area (Å²) in [5.41, 5.74) is 7.26. The third kappa shape index (κ3) is 1.46. The molecule has 3 rings (SSSR count). The zero-order chi connectivity index (χ0) is 11.2. The summed E-state index contributed by atoms with van der Waals surface area (Å²) in [6.07, 6.45) is 5.33. The molecule has 0 unspecified atom stereocenters. The average molecular weight is 220 g/mol. The molecule has 1 aliphatic heterocycles. The number of hydrogen-bond acceptors (Lipinski definition) is 2. The highest BCUT2D eigenvalue weighted by Crippen LogP contribution is 2.47. The van der Waals surface area contributed by atoms with E-state index < -0.39 is 0 Å². The van der Waals surface area contributed by atoms with Crippen molar-refractivity contribution in [2.45, 2.75) is 25.7 Å². The minimum absolute atomic E-state index is 0.187. The van der Waals surface area contributed by atoms with Crippen LogP contribution in [0.1, 0.15) is 25.7 Å². The topological polar surface area (TPSA) is 29.3 Å². The molecular weight excluding hydrogens is 203 g/mol. The molecule has 2 aliphatic rings. The van der Waals surface area contributed by atoms with Crippen molar-refractivity contribution in [1.29, 1.82) is 0 Å². The first-order valence-corrected chi connectivity index (χ1v) is 5.99. The van der Waals surface area contributed by atoms with Crippen LogP contribution in [0.4, 0.5) is 15.8 Å². The summed E-state index contributed by atoms with van der Waals surface area (Å²) in [5.74, 6) is -0.187. The first-order valence-electron chi connectivity index (χ1n) is 5.99. The van der Waals surface area contributed by atoms with Crippen molar-refractivity contribution in [3.05, 3.63) is 24.0 Å². The number of nitrogens with two attached hydrogens (primary N) is 1. The second-order valence-electron chi connectivity index (χ2n) is 5.27. The molecule has 2 fully saturated rings. The van der Waals surface area contributed by atoms with Crippen LogP contribution in [-0.2, 0) is 0 Å². The molecule has 0 aromatic heterocycles. The molecule has 1 saturated carbocycles. The predicted octanol–water partition coefficient (Wildman–Crippen LogP) is 2.79. The van der Waals surface area contributed by atoms with E-state index in [1.54, 1.807) is 12.1 Å². The number of nitrogen functional groups attached to an aromatic ring is 1. The van der Waals surface area contributed by atoms with Gasteiger partial charge in [0.2, 0.25) is 0 Å². The molecule has 1 heterocycles. The van der Waals surface area contributed by atoms with Crippen LogP contribution < -0.4 is 10.6 Å². The molecule has 0 atom stereocenters. The minimum atomic E-state index is -0.187. The summed E-state index contributed by atoms with van der Waals surface area (Å²) >= 11 is 0. The summed E-state index contributed by atoms with van der Waals surface area (Å²) in [4.78, 5) is 2.14. The molecule has 16 heavy (non-hydrogen) atoms. The summed E-state index contributed by atoms with van der Waals surface area (Å²) < 4.78 is 13.7. The van der Waals surface area contributed by atoms with Crippen LogP contribution in [0.3, 0.4) is 0 Å². The highest BCUT2D eigenvalue weighted by molar-refractivity contribution is 5.56. The van der Waals surface area contributed by atoms with Crippen LogP contribution in [0, 0.1) is 11.2 Å². The van der Waals surface area contributed by atoms with E-state index >= 15 is 0 Å². The molecule has 1 spiro atoms. The van der Waals surface area contributed by atoms with E-state index in [-0.39, 0.29) is 5.82 Å². The number of rotatable bonds is 1. The largest absolute Gasteiger partial charge is 0.399 e. The van der Waals surface area contributed by atoms with Gasteiger partial charge < -0.3 is 10.6 Å². The SMILES string of the molecule is Nc1ccc(N2CC3(CCCC3)C2)c(F)c1. The van der Waals surface area contributed by atoms with Gasteiger partial charge in [-0.3, -0.25) is 0 Å². The molecule has 0 bridgehead atoms. The van der Waals surface area contributed by atoms with Crippen molar-refractivity contribution in [1.82, 2.24) is 0 Å². The van der Waals surface area contributed by atoms with E-state index in [0.29, 0.717) is 16.8 Å². The fraction of sp³-hybridized carbons (Fsp3) is 0.538. The Balaban J connectivity index is 1.76. The lowest BCUT2D eigenvalue weighted by Gasteiger charge is -2.49. The van der Waals surface area contributed by atoms with Crippen molar-refractivity contribution in [2.75, 3.05) is 23.7 Å². The Morgan fingerprint density at radius 1 is 1.19 bits per heavy atom. The molecule has 1 aromatic carbocycles. The monoisotopic (exact) mass is 220 g/mol. The van der Waals surface area contributed by atoms with Crippen molar-refractivity contribution in [3.8, 4) is 0 Å². The van der Waals surface area contributed by atoms with E-state index in [9.17, 15) is 4.39 Å². The van der Waals surface area contributed by atoms with Gasteiger partial charge in [0.15, 0.2) is 0 Å². The maximum Gasteiger partial charge on any atom is 0.148 e. The fourth-order valence-electron chi connectivity index (χ4n) is 3.15. The standard InChI is InChI=1S/C13H17FN2/c14-11-7-10(15)3-4-12(11)16-8-13(9-16)5-1-2-6-13/h3-4,7H,1-2,5-6,8-9,15H2. The van der Waals surface area contributed by atoms with Crippen LogP contribution in [0.25, 0.3) is 0 Å². The van der Waals surface area contributed by atoms with Crippen molar-refractivity contribution in [2.24, 2.45) is 5.41 Å². The molecule has 2 nitrogen and oxygen atoms in total. The smallest absolute Gasteiger partial charge is 0.148 e. The van der Waals surface area contributed by atoms with Gasteiger partial charge >= 0.3 is 0 Å². The Kier molecular flexibility index (Phi) is 2.09. The second kappa shape index (κ2) is 3.37. The first-order chi connectivity index (χ1) is 7.69. The number of hydrogen-bond donors (Lipinski definition) is 1. The Morgan fingerprint density at radius 3 is 2.50 bits per heavy atom. The van der Waals surface area contributed by atoms with Crippen molar-refractivity contribution in [3.63, 3.8) is 0 Å². The number of benzene rings is 1. The van der Waals surface area contributed by atoms with Gasteiger partial charge in [-0.2, -0.15) is 0 Å². The Hall–Kier alpha value is -1.25. The van der Waals surface area contributed by atoms with Crippen LogP contribution >= 0.6 is 0 Å². The van der Waals surface area contributed by atoms with E-state index in [2.05, 4.69) is 4.90 Å². The normalized spacial score (nSPS) is 22.4. The maximum absolute atomic E-state index is 13.7. The highest BCUT2D eigenvalue weighted by Gasteiger charge is 2.45. The van der Waals surface area contributed by atoms with Gasteiger partial charge in [-0.1, -0.05) is 12.8 Å². The molecule has 1 aliphatic carbocycles. The lowest BCUT2D eigenvalue weighted by Crippen LogP contribution is -2.55. The van der Waals surface area contributed by atoms with E-state index in [4.69, 9.17) is 5.73 Å². The van der Waals surface area contributed by atoms with Crippen molar-refractivity contribution < 1.29 is 4.39 Å². The fourth-order valence-corrected chi connectivity index (χ4v) is 3.15. The summed E-state index contributed by atoms with van der Waals surface area (Å²) in [6.45, 7) is 2.04. The Labute approximate surface area is 95.2 Å². The molecular formula is C13H17FN2. The van der Waals surface area contributed by atoms with Crippen LogP contribution in [0.5, 0.6) is 0 Å². The average Bonchev–Trinajstić information content (AvgIpc) is 2.65. The summed E-state index contributed by atoms with van der Waals surface area (Å²) in [7, 11) is 0. The second-order valence-corrected chi connectivity index (χ2v) is 5.27. The number of nitrogens with zero attached hydrogens (tertiary/aromatic N) is 1. The van der Waals surface area contributed by atoms with E-state index in [1.807, 2.05) is 0 Å².